The van der Waals surface area contributed by atoms with Crippen LogP contribution in [0.5, 0.6) is 0 Å². The van der Waals surface area contributed by atoms with Crippen LogP contribution >= 0.6 is 0 Å². The normalized spacial score (nSPS) is 14.7. The van der Waals surface area contributed by atoms with Crippen molar-refractivity contribution < 1.29 is 0 Å². The highest BCUT2D eigenvalue weighted by molar-refractivity contribution is 5.86. The molecule has 3 aromatic rings. The summed E-state index contributed by atoms with van der Waals surface area (Å²) in [5, 5.41) is 1.46. The van der Waals surface area contributed by atoms with Crippen molar-refractivity contribution in [3.63, 3.8) is 0 Å². The molecule has 0 unspecified atom stereocenters. The van der Waals surface area contributed by atoms with E-state index in [0.29, 0.717) is 0 Å². The lowest BCUT2D eigenvalue weighted by atomic mass is 10.0. The standard InChI is InChI=1S/C23H29N3/c1-4-11-25-12-10-23-21(16-25)20-14-17(2)5-8-22(20)26(23)13-9-19-7-6-18(3)24-15-19/h5-8,14-15H,4,9-13,16H2,1-3H3. The van der Waals surface area contributed by atoms with Crippen LogP contribution in [0.3, 0.4) is 0 Å². The Morgan fingerprint density at radius 2 is 1.96 bits per heavy atom. The van der Waals surface area contributed by atoms with Crippen LogP contribution in [-0.2, 0) is 25.9 Å². The van der Waals surface area contributed by atoms with Crippen LogP contribution in [0.15, 0.2) is 36.5 Å². The average molecular weight is 348 g/mol. The van der Waals surface area contributed by atoms with E-state index in [2.05, 4.69) is 58.6 Å². The van der Waals surface area contributed by atoms with Gasteiger partial charge >= 0.3 is 0 Å². The zero-order valence-corrected chi connectivity index (χ0v) is 16.3. The molecule has 136 valence electrons. The van der Waals surface area contributed by atoms with E-state index in [9.17, 15) is 0 Å². The molecule has 0 fully saturated rings. The summed E-state index contributed by atoms with van der Waals surface area (Å²) in [5.74, 6) is 0. The topological polar surface area (TPSA) is 21.1 Å². The highest BCUT2D eigenvalue weighted by Crippen LogP contribution is 2.32. The number of aryl methyl sites for hydroxylation is 4. The first-order valence-electron chi connectivity index (χ1n) is 9.90. The van der Waals surface area contributed by atoms with Gasteiger partial charge in [-0.15, -0.1) is 0 Å². The highest BCUT2D eigenvalue weighted by Gasteiger charge is 2.23. The Balaban J connectivity index is 1.69. The van der Waals surface area contributed by atoms with E-state index in [0.717, 1.165) is 31.6 Å². The smallest absolute Gasteiger partial charge is 0.0486 e. The van der Waals surface area contributed by atoms with Crippen LogP contribution in [0.2, 0.25) is 0 Å². The molecule has 26 heavy (non-hydrogen) atoms. The Morgan fingerprint density at radius 3 is 2.73 bits per heavy atom. The zero-order valence-electron chi connectivity index (χ0n) is 16.3. The Kier molecular flexibility index (Phi) is 4.82. The van der Waals surface area contributed by atoms with Gasteiger partial charge in [-0.3, -0.25) is 9.88 Å². The van der Waals surface area contributed by atoms with Gasteiger partial charge in [-0.2, -0.15) is 0 Å². The van der Waals surface area contributed by atoms with Gasteiger partial charge in [-0.25, -0.2) is 0 Å². The van der Waals surface area contributed by atoms with Crippen LogP contribution in [-0.4, -0.2) is 27.5 Å². The second-order valence-electron chi connectivity index (χ2n) is 7.68. The maximum atomic E-state index is 4.45. The monoisotopic (exact) mass is 347 g/mol. The van der Waals surface area contributed by atoms with Gasteiger partial charge in [-0.1, -0.05) is 24.6 Å². The van der Waals surface area contributed by atoms with E-state index in [-0.39, 0.29) is 0 Å². The van der Waals surface area contributed by atoms with Crippen LogP contribution < -0.4 is 0 Å². The van der Waals surface area contributed by atoms with Crippen molar-refractivity contribution >= 4 is 10.9 Å². The summed E-state index contributed by atoms with van der Waals surface area (Å²) in [6, 6.07) is 11.3. The summed E-state index contributed by atoms with van der Waals surface area (Å²) >= 11 is 0. The summed E-state index contributed by atoms with van der Waals surface area (Å²) in [6.07, 6.45) is 5.46. The van der Waals surface area contributed by atoms with Crippen molar-refractivity contribution in [2.24, 2.45) is 0 Å². The summed E-state index contributed by atoms with van der Waals surface area (Å²) in [5.41, 5.74) is 8.28. The first-order chi connectivity index (χ1) is 12.7. The summed E-state index contributed by atoms with van der Waals surface area (Å²) < 4.78 is 2.58. The molecule has 0 saturated carbocycles. The Hall–Kier alpha value is -2.13. The molecule has 3 heterocycles. The minimum atomic E-state index is 1.04. The maximum absolute atomic E-state index is 4.45. The quantitative estimate of drug-likeness (QED) is 0.669. The van der Waals surface area contributed by atoms with Gasteiger partial charge in [0, 0.05) is 54.5 Å². The number of nitrogens with zero attached hydrogens (tertiary/aromatic N) is 3. The lowest BCUT2D eigenvalue weighted by Crippen LogP contribution is -2.31. The predicted molar refractivity (Wildman–Crippen MR) is 109 cm³/mol. The number of rotatable bonds is 5. The third-order valence-electron chi connectivity index (χ3n) is 5.63. The number of hydrogen-bond donors (Lipinski definition) is 0. The van der Waals surface area contributed by atoms with Gasteiger partial charge in [-0.05, 0) is 62.6 Å². The van der Waals surface area contributed by atoms with Gasteiger partial charge in [0.1, 0.15) is 0 Å². The molecule has 1 aromatic carbocycles. The molecule has 0 bridgehead atoms. The third-order valence-corrected chi connectivity index (χ3v) is 5.63. The molecule has 0 aliphatic carbocycles. The molecule has 0 spiro atoms. The van der Waals surface area contributed by atoms with Crippen molar-refractivity contribution in [1.82, 2.24) is 14.5 Å². The molecular formula is C23H29N3. The first kappa shape index (κ1) is 17.3. The molecule has 3 nitrogen and oxygen atoms in total. The summed E-state index contributed by atoms with van der Waals surface area (Å²) in [7, 11) is 0. The molecule has 3 heteroatoms. The highest BCUT2D eigenvalue weighted by atomic mass is 15.1. The number of aromatic nitrogens is 2. The third kappa shape index (κ3) is 3.28. The number of pyridine rings is 1. The van der Waals surface area contributed by atoms with Gasteiger partial charge in [0.2, 0.25) is 0 Å². The number of benzene rings is 1. The minimum Gasteiger partial charge on any atom is -0.344 e. The fraction of sp³-hybridized carbons (Fsp3) is 0.435. The van der Waals surface area contributed by atoms with Gasteiger partial charge in [0.05, 0.1) is 0 Å². The second-order valence-corrected chi connectivity index (χ2v) is 7.68. The van der Waals surface area contributed by atoms with Crippen LogP contribution in [0.4, 0.5) is 0 Å². The van der Waals surface area contributed by atoms with Gasteiger partial charge in [0.25, 0.3) is 0 Å². The van der Waals surface area contributed by atoms with E-state index in [1.165, 1.54) is 41.5 Å². The van der Waals surface area contributed by atoms with Crippen LogP contribution in [0.25, 0.3) is 10.9 Å². The molecule has 0 amide bonds. The lowest BCUT2D eigenvalue weighted by molar-refractivity contribution is 0.252. The Labute approximate surface area is 156 Å². The Morgan fingerprint density at radius 1 is 1.08 bits per heavy atom. The number of hydrogen-bond acceptors (Lipinski definition) is 2. The molecule has 0 saturated heterocycles. The second kappa shape index (κ2) is 7.24. The van der Waals surface area contributed by atoms with E-state index < -0.39 is 0 Å². The fourth-order valence-electron chi connectivity index (χ4n) is 4.27. The first-order valence-corrected chi connectivity index (χ1v) is 9.90. The summed E-state index contributed by atoms with van der Waals surface area (Å²) in [6.45, 7) is 11.0. The predicted octanol–water partition coefficient (Wildman–Crippen LogP) is 4.66. The van der Waals surface area contributed by atoms with E-state index in [4.69, 9.17) is 0 Å². The van der Waals surface area contributed by atoms with Gasteiger partial charge < -0.3 is 4.57 Å². The molecule has 0 atom stereocenters. The van der Waals surface area contributed by atoms with Crippen LogP contribution in [0, 0.1) is 13.8 Å². The molecule has 1 aliphatic heterocycles. The molecular weight excluding hydrogens is 318 g/mol. The van der Waals surface area contributed by atoms with E-state index >= 15 is 0 Å². The molecule has 0 N–H and O–H groups in total. The molecule has 4 rings (SSSR count). The molecule has 2 aromatic heterocycles. The van der Waals surface area contributed by atoms with Crippen molar-refractivity contribution in [3.05, 3.63) is 64.6 Å². The van der Waals surface area contributed by atoms with Gasteiger partial charge in [0.15, 0.2) is 0 Å². The maximum Gasteiger partial charge on any atom is 0.0486 e. The van der Waals surface area contributed by atoms with Crippen molar-refractivity contribution in [3.8, 4) is 0 Å². The van der Waals surface area contributed by atoms with Crippen molar-refractivity contribution in [1.29, 1.82) is 0 Å². The van der Waals surface area contributed by atoms with E-state index in [1.54, 1.807) is 11.3 Å². The summed E-state index contributed by atoms with van der Waals surface area (Å²) in [4.78, 5) is 7.06. The SMILES string of the molecule is CCCN1CCc2c(c3cc(C)ccc3n2CCc2ccc(C)nc2)C1. The van der Waals surface area contributed by atoms with Crippen molar-refractivity contribution in [2.45, 2.75) is 53.1 Å². The van der Waals surface area contributed by atoms with Crippen LogP contribution in [0.1, 0.15) is 41.4 Å². The Bertz CT molecular complexity index is 905. The van der Waals surface area contributed by atoms with Crippen molar-refractivity contribution in [2.75, 3.05) is 13.1 Å². The minimum absolute atomic E-state index is 1.04. The largest absolute Gasteiger partial charge is 0.344 e. The molecule has 1 aliphatic rings. The zero-order chi connectivity index (χ0) is 18.1. The van der Waals surface area contributed by atoms with E-state index in [1.807, 2.05) is 13.1 Å². The lowest BCUT2D eigenvalue weighted by Gasteiger charge is -2.27. The number of fused-ring (bicyclic) bond motifs is 3. The molecule has 0 radical (unpaired) electrons. The average Bonchev–Trinajstić information content (AvgIpc) is 2.94. The fourth-order valence-corrected chi connectivity index (χ4v) is 4.27.